The molecular formula is C16H21N3O2S. The fourth-order valence-corrected chi connectivity index (χ4v) is 2.77. The van der Waals surface area contributed by atoms with E-state index in [0.717, 1.165) is 12.8 Å². The predicted molar refractivity (Wildman–Crippen MR) is 90.9 cm³/mol. The summed E-state index contributed by atoms with van der Waals surface area (Å²) in [4.78, 5) is 27.6. The van der Waals surface area contributed by atoms with E-state index in [0.29, 0.717) is 27.8 Å². The van der Waals surface area contributed by atoms with Gasteiger partial charge in [0.15, 0.2) is 4.77 Å². The zero-order valence-corrected chi connectivity index (χ0v) is 13.9. The van der Waals surface area contributed by atoms with Crippen LogP contribution in [0.1, 0.15) is 44.0 Å². The van der Waals surface area contributed by atoms with Crippen LogP contribution in [0.2, 0.25) is 0 Å². The highest BCUT2D eigenvalue weighted by Gasteiger charge is 2.12. The van der Waals surface area contributed by atoms with E-state index in [1.54, 1.807) is 18.2 Å². The molecule has 1 heterocycles. The third kappa shape index (κ3) is 3.11. The van der Waals surface area contributed by atoms with Gasteiger partial charge in [0.2, 0.25) is 0 Å². The van der Waals surface area contributed by atoms with Gasteiger partial charge < -0.3 is 10.3 Å². The van der Waals surface area contributed by atoms with E-state index < -0.39 is 0 Å². The second-order valence-corrected chi connectivity index (χ2v) is 5.61. The smallest absolute Gasteiger partial charge is 0.262 e. The zero-order chi connectivity index (χ0) is 16.3. The van der Waals surface area contributed by atoms with Crippen LogP contribution >= 0.6 is 12.2 Å². The molecule has 0 bridgehead atoms. The summed E-state index contributed by atoms with van der Waals surface area (Å²) in [5.74, 6) is -0.130. The summed E-state index contributed by atoms with van der Waals surface area (Å²) in [5, 5.41) is 3.52. The van der Waals surface area contributed by atoms with E-state index >= 15 is 0 Å². The maximum atomic E-state index is 12.3. The van der Waals surface area contributed by atoms with Crippen molar-refractivity contribution >= 4 is 29.0 Å². The van der Waals surface area contributed by atoms with Crippen LogP contribution in [0.3, 0.4) is 0 Å². The lowest BCUT2D eigenvalue weighted by Gasteiger charge is -2.15. The molecule has 1 aromatic carbocycles. The largest absolute Gasteiger partial charge is 0.349 e. The molecular weight excluding hydrogens is 298 g/mol. The van der Waals surface area contributed by atoms with Gasteiger partial charge in [-0.05, 0) is 50.2 Å². The Kier molecular flexibility index (Phi) is 5.13. The summed E-state index contributed by atoms with van der Waals surface area (Å²) >= 11 is 5.19. The molecule has 2 aromatic rings. The van der Waals surface area contributed by atoms with Gasteiger partial charge in [0, 0.05) is 18.2 Å². The second kappa shape index (κ2) is 6.87. The van der Waals surface area contributed by atoms with Crippen molar-refractivity contribution in [3.05, 3.63) is 38.9 Å². The van der Waals surface area contributed by atoms with Crippen LogP contribution in [0.15, 0.2) is 23.0 Å². The predicted octanol–water partition coefficient (Wildman–Crippen LogP) is 3.00. The molecule has 0 spiro atoms. The minimum absolute atomic E-state index is 0.130. The number of hydrogen-bond acceptors (Lipinski definition) is 3. The van der Waals surface area contributed by atoms with Gasteiger partial charge in [0.05, 0.1) is 10.9 Å². The molecule has 2 N–H and O–H groups in total. The van der Waals surface area contributed by atoms with Crippen molar-refractivity contribution < 1.29 is 4.79 Å². The van der Waals surface area contributed by atoms with Gasteiger partial charge in [0.1, 0.15) is 0 Å². The first kappa shape index (κ1) is 16.4. The highest BCUT2D eigenvalue weighted by Crippen LogP contribution is 2.11. The third-order valence-corrected chi connectivity index (χ3v) is 4.20. The first-order chi connectivity index (χ1) is 10.5. The molecule has 0 unspecified atom stereocenters. The number of carbonyl (C=O) groups excluding carboxylic acids is 1. The molecule has 0 aliphatic heterocycles. The average Bonchev–Trinajstić information content (AvgIpc) is 2.52. The molecule has 0 aliphatic rings. The number of hydrogen-bond donors (Lipinski definition) is 2. The van der Waals surface area contributed by atoms with Gasteiger partial charge in [-0.2, -0.15) is 0 Å². The number of aromatic nitrogens is 2. The second-order valence-electron chi connectivity index (χ2n) is 5.23. The van der Waals surface area contributed by atoms with Crippen LogP contribution in [0, 0.1) is 4.77 Å². The van der Waals surface area contributed by atoms with E-state index in [1.165, 1.54) is 4.57 Å². The molecule has 0 atom stereocenters. The van der Waals surface area contributed by atoms with Gasteiger partial charge in [0.25, 0.3) is 11.5 Å². The van der Waals surface area contributed by atoms with Crippen LogP contribution in [0.4, 0.5) is 0 Å². The summed E-state index contributed by atoms with van der Waals surface area (Å²) in [6.45, 7) is 6.47. The number of carbonyl (C=O) groups is 1. The maximum Gasteiger partial charge on any atom is 0.262 e. The SMILES string of the molecule is CCC(CC)NC(=O)c1ccc2c(=O)n(CC)c(=S)[nH]c2c1. The van der Waals surface area contributed by atoms with Crippen molar-refractivity contribution in [2.75, 3.05) is 0 Å². The Bertz CT molecular complexity index is 803. The van der Waals surface area contributed by atoms with Gasteiger partial charge in [-0.3, -0.25) is 14.2 Å². The quantitative estimate of drug-likeness (QED) is 0.833. The Hall–Kier alpha value is -1.95. The molecule has 2 rings (SSSR count). The summed E-state index contributed by atoms with van der Waals surface area (Å²) in [5.41, 5.74) is 0.990. The lowest BCUT2D eigenvalue weighted by atomic mass is 10.1. The standard InChI is InChI=1S/C16H21N3O2S/c1-4-11(5-2)17-14(20)10-7-8-12-13(9-10)18-16(22)19(6-3)15(12)21/h7-9,11H,4-6H2,1-3H3,(H,17,20)(H,18,22). The Balaban J connectivity index is 2.45. The molecule has 5 nitrogen and oxygen atoms in total. The van der Waals surface area contributed by atoms with Crippen LogP contribution < -0.4 is 10.9 Å². The van der Waals surface area contributed by atoms with Crippen molar-refractivity contribution in [3.8, 4) is 0 Å². The minimum Gasteiger partial charge on any atom is -0.349 e. The lowest BCUT2D eigenvalue weighted by Crippen LogP contribution is -2.33. The molecule has 0 saturated heterocycles. The Morgan fingerprint density at radius 2 is 2.00 bits per heavy atom. The molecule has 0 fully saturated rings. The first-order valence-electron chi connectivity index (χ1n) is 7.59. The summed E-state index contributed by atoms with van der Waals surface area (Å²) in [6.07, 6.45) is 1.78. The molecule has 118 valence electrons. The number of rotatable bonds is 5. The Morgan fingerprint density at radius 3 is 2.59 bits per heavy atom. The van der Waals surface area contributed by atoms with Crippen molar-refractivity contribution in [2.45, 2.75) is 46.2 Å². The zero-order valence-electron chi connectivity index (χ0n) is 13.1. The topological polar surface area (TPSA) is 66.9 Å². The van der Waals surface area contributed by atoms with Crippen LogP contribution in [-0.4, -0.2) is 21.5 Å². The number of aromatic amines is 1. The van der Waals surface area contributed by atoms with Crippen LogP contribution in [-0.2, 0) is 6.54 Å². The van der Waals surface area contributed by atoms with Gasteiger partial charge in [-0.25, -0.2) is 0 Å². The number of nitrogens with zero attached hydrogens (tertiary/aromatic N) is 1. The van der Waals surface area contributed by atoms with Gasteiger partial charge in [-0.15, -0.1) is 0 Å². The molecule has 1 aromatic heterocycles. The highest BCUT2D eigenvalue weighted by atomic mass is 32.1. The van der Waals surface area contributed by atoms with Crippen molar-refractivity contribution in [1.29, 1.82) is 0 Å². The number of benzene rings is 1. The maximum absolute atomic E-state index is 12.3. The summed E-state index contributed by atoms with van der Waals surface area (Å²) in [6, 6.07) is 5.20. The fraction of sp³-hybridized carbons (Fsp3) is 0.438. The van der Waals surface area contributed by atoms with E-state index in [-0.39, 0.29) is 17.5 Å². The molecule has 22 heavy (non-hydrogen) atoms. The van der Waals surface area contributed by atoms with Crippen molar-refractivity contribution in [1.82, 2.24) is 14.9 Å². The first-order valence-corrected chi connectivity index (χ1v) is 8.00. The van der Waals surface area contributed by atoms with Crippen LogP contribution in [0.5, 0.6) is 0 Å². The number of fused-ring (bicyclic) bond motifs is 1. The molecule has 0 radical (unpaired) electrons. The van der Waals surface area contributed by atoms with Crippen molar-refractivity contribution in [3.63, 3.8) is 0 Å². The number of H-pyrrole nitrogens is 1. The Morgan fingerprint density at radius 1 is 1.32 bits per heavy atom. The lowest BCUT2D eigenvalue weighted by molar-refractivity contribution is 0.0935. The number of nitrogens with one attached hydrogen (secondary N) is 2. The van der Waals surface area contributed by atoms with Gasteiger partial charge >= 0.3 is 0 Å². The van der Waals surface area contributed by atoms with E-state index in [1.807, 2.05) is 20.8 Å². The van der Waals surface area contributed by atoms with Gasteiger partial charge in [-0.1, -0.05) is 13.8 Å². The Labute approximate surface area is 134 Å². The summed E-state index contributed by atoms with van der Waals surface area (Å²) in [7, 11) is 0. The minimum atomic E-state index is -0.131. The normalized spacial score (nSPS) is 11.1. The molecule has 1 amide bonds. The molecule has 0 aliphatic carbocycles. The van der Waals surface area contributed by atoms with Crippen LogP contribution in [0.25, 0.3) is 10.9 Å². The highest BCUT2D eigenvalue weighted by molar-refractivity contribution is 7.71. The molecule has 6 heteroatoms. The molecule has 0 saturated carbocycles. The third-order valence-electron chi connectivity index (χ3n) is 3.88. The number of amides is 1. The average molecular weight is 319 g/mol. The van der Waals surface area contributed by atoms with E-state index in [9.17, 15) is 9.59 Å². The van der Waals surface area contributed by atoms with E-state index in [2.05, 4.69) is 10.3 Å². The van der Waals surface area contributed by atoms with E-state index in [4.69, 9.17) is 12.2 Å². The van der Waals surface area contributed by atoms with Crippen molar-refractivity contribution in [2.24, 2.45) is 0 Å². The fourth-order valence-electron chi connectivity index (χ4n) is 2.44. The monoisotopic (exact) mass is 319 g/mol. The summed E-state index contributed by atoms with van der Waals surface area (Å²) < 4.78 is 1.87.